The number of aromatic nitrogens is 2. The number of hydrogen-bond acceptors (Lipinski definition) is 4. The molecule has 1 heterocycles. The fraction of sp³-hybridized carbons (Fsp3) is 0.357. The van der Waals surface area contributed by atoms with Crippen LogP contribution in [0.2, 0.25) is 0 Å². The summed E-state index contributed by atoms with van der Waals surface area (Å²) in [7, 11) is -0.568. The number of benzene rings is 1. The molecule has 0 saturated carbocycles. The Kier molecular flexibility index (Phi) is 4.64. The van der Waals surface area contributed by atoms with E-state index in [4.69, 9.17) is 4.74 Å². The molecule has 1 aromatic carbocycles. The van der Waals surface area contributed by atoms with Gasteiger partial charge in [-0.3, -0.25) is 4.68 Å². The summed E-state index contributed by atoms with van der Waals surface area (Å²) in [5, 5.41) is 4.06. The summed E-state index contributed by atoms with van der Waals surface area (Å²) >= 11 is 0. The van der Waals surface area contributed by atoms with Gasteiger partial charge in [0, 0.05) is 26.0 Å². The first-order valence-corrected chi connectivity index (χ1v) is 7.97. The van der Waals surface area contributed by atoms with Gasteiger partial charge in [0.05, 0.1) is 13.7 Å². The van der Waals surface area contributed by atoms with E-state index in [1.807, 2.05) is 13.0 Å². The van der Waals surface area contributed by atoms with Gasteiger partial charge in [0.25, 0.3) is 0 Å². The number of aryl methyl sites for hydroxylation is 1. The highest BCUT2D eigenvalue weighted by molar-refractivity contribution is 7.89. The van der Waals surface area contributed by atoms with Gasteiger partial charge in [-0.05, 0) is 30.7 Å². The molecule has 0 N–H and O–H groups in total. The van der Waals surface area contributed by atoms with Crippen LogP contribution in [0.5, 0.6) is 5.75 Å². The fourth-order valence-corrected chi connectivity index (χ4v) is 3.35. The smallest absolute Gasteiger partial charge is 0.246 e. The molecule has 2 aromatic rings. The third-order valence-electron chi connectivity index (χ3n) is 3.21. The highest BCUT2D eigenvalue weighted by Crippen LogP contribution is 2.27. The molecule has 0 atom stereocenters. The largest absolute Gasteiger partial charge is 0.495 e. The second kappa shape index (κ2) is 6.28. The van der Waals surface area contributed by atoms with Crippen LogP contribution in [0, 0.1) is 6.92 Å². The van der Waals surface area contributed by atoms with Crippen LogP contribution in [0.25, 0.3) is 0 Å². The molecule has 0 aliphatic carbocycles. The molecule has 1 aromatic heterocycles. The highest BCUT2D eigenvalue weighted by atomic mass is 32.2. The Bertz CT molecular complexity index is 696. The summed E-state index contributed by atoms with van der Waals surface area (Å²) in [5.74, 6) is 0.353. The lowest BCUT2D eigenvalue weighted by Gasteiger charge is -2.19. The molecule has 0 fully saturated rings. The molecular formula is C14H19N3O3S. The number of likely N-dealkylation sites (N-methyl/N-ethyl adjacent to an activating group) is 1. The van der Waals surface area contributed by atoms with E-state index in [1.165, 1.54) is 11.4 Å². The normalized spacial score (nSPS) is 11.8. The first kappa shape index (κ1) is 15.5. The summed E-state index contributed by atoms with van der Waals surface area (Å²) in [6.45, 7) is 2.68. The third kappa shape index (κ3) is 3.43. The lowest BCUT2D eigenvalue weighted by molar-refractivity contribution is 0.394. The van der Waals surface area contributed by atoms with Crippen molar-refractivity contribution in [2.75, 3.05) is 20.7 Å². The van der Waals surface area contributed by atoms with Gasteiger partial charge in [-0.25, -0.2) is 8.42 Å². The second-order valence-corrected chi connectivity index (χ2v) is 6.76. The molecule has 2 rings (SSSR count). The Labute approximate surface area is 125 Å². The van der Waals surface area contributed by atoms with Crippen LogP contribution in [0.15, 0.2) is 41.6 Å². The van der Waals surface area contributed by atoms with Gasteiger partial charge in [-0.1, -0.05) is 6.07 Å². The van der Waals surface area contributed by atoms with Crippen molar-refractivity contribution in [3.05, 3.63) is 42.2 Å². The Morgan fingerprint density at radius 2 is 2.14 bits per heavy atom. The molecule has 114 valence electrons. The van der Waals surface area contributed by atoms with E-state index >= 15 is 0 Å². The predicted octanol–water partition coefficient (Wildman–Crippen LogP) is 1.52. The van der Waals surface area contributed by atoms with E-state index in [0.717, 1.165) is 5.56 Å². The molecule has 0 spiro atoms. The van der Waals surface area contributed by atoms with Crippen molar-refractivity contribution in [3.63, 3.8) is 0 Å². The molecule has 0 aliphatic heterocycles. The predicted molar refractivity (Wildman–Crippen MR) is 79.8 cm³/mol. The standard InChI is InChI=1S/C14H19N3O3S/c1-12-5-6-13(20-3)14(11-12)21(18,19)16(2)9-10-17-8-4-7-15-17/h4-8,11H,9-10H2,1-3H3. The van der Waals surface area contributed by atoms with Crippen LogP contribution < -0.4 is 4.74 Å². The zero-order chi connectivity index (χ0) is 15.5. The molecule has 6 nitrogen and oxygen atoms in total. The van der Waals surface area contributed by atoms with E-state index in [1.54, 1.807) is 42.3 Å². The summed E-state index contributed by atoms with van der Waals surface area (Å²) < 4.78 is 33.4. The number of nitrogens with zero attached hydrogens (tertiary/aromatic N) is 3. The molecule has 0 unspecified atom stereocenters. The Morgan fingerprint density at radius 3 is 2.76 bits per heavy atom. The van der Waals surface area contributed by atoms with Gasteiger partial charge >= 0.3 is 0 Å². The third-order valence-corrected chi connectivity index (χ3v) is 5.09. The summed E-state index contributed by atoms with van der Waals surface area (Å²) in [6, 6.07) is 6.92. The minimum atomic E-state index is -3.59. The monoisotopic (exact) mass is 309 g/mol. The van der Waals surface area contributed by atoms with Crippen molar-refractivity contribution >= 4 is 10.0 Å². The maximum absolute atomic E-state index is 12.6. The fourth-order valence-electron chi connectivity index (χ4n) is 1.95. The van der Waals surface area contributed by atoms with Gasteiger partial charge < -0.3 is 4.74 Å². The first-order valence-electron chi connectivity index (χ1n) is 6.53. The maximum atomic E-state index is 12.6. The van der Waals surface area contributed by atoms with Crippen molar-refractivity contribution < 1.29 is 13.2 Å². The van der Waals surface area contributed by atoms with Crippen molar-refractivity contribution in [2.45, 2.75) is 18.4 Å². The summed E-state index contributed by atoms with van der Waals surface area (Å²) in [4.78, 5) is 0.188. The van der Waals surface area contributed by atoms with Crippen LogP contribution in [0.3, 0.4) is 0 Å². The van der Waals surface area contributed by atoms with Crippen molar-refractivity contribution in [3.8, 4) is 5.75 Å². The second-order valence-electron chi connectivity index (χ2n) is 4.75. The lowest BCUT2D eigenvalue weighted by Crippen LogP contribution is -2.30. The molecule has 0 aliphatic rings. The van der Waals surface area contributed by atoms with Gasteiger partial charge in [0.1, 0.15) is 10.6 Å². The van der Waals surface area contributed by atoms with E-state index in [-0.39, 0.29) is 4.90 Å². The minimum Gasteiger partial charge on any atom is -0.495 e. The highest BCUT2D eigenvalue weighted by Gasteiger charge is 2.24. The number of rotatable bonds is 6. The van der Waals surface area contributed by atoms with E-state index < -0.39 is 10.0 Å². The molecule has 21 heavy (non-hydrogen) atoms. The topological polar surface area (TPSA) is 64.4 Å². The zero-order valence-corrected chi connectivity index (χ0v) is 13.2. The summed E-state index contributed by atoms with van der Waals surface area (Å²) in [6.07, 6.45) is 3.46. The maximum Gasteiger partial charge on any atom is 0.246 e. The first-order chi connectivity index (χ1) is 9.95. The van der Waals surface area contributed by atoms with Crippen LogP contribution >= 0.6 is 0 Å². The van der Waals surface area contributed by atoms with Gasteiger partial charge in [0.2, 0.25) is 10.0 Å². The van der Waals surface area contributed by atoms with E-state index in [9.17, 15) is 8.42 Å². The molecule has 7 heteroatoms. The van der Waals surface area contributed by atoms with Gasteiger partial charge in [0.15, 0.2) is 0 Å². The average Bonchev–Trinajstić information content (AvgIpc) is 2.97. The van der Waals surface area contributed by atoms with Crippen LogP contribution in [-0.2, 0) is 16.6 Å². The zero-order valence-electron chi connectivity index (χ0n) is 12.4. The Morgan fingerprint density at radius 1 is 1.38 bits per heavy atom. The SMILES string of the molecule is COc1ccc(C)cc1S(=O)(=O)N(C)CCn1cccn1. The van der Waals surface area contributed by atoms with Crippen LogP contribution in [0.4, 0.5) is 0 Å². The Balaban J connectivity index is 2.22. The van der Waals surface area contributed by atoms with Crippen LogP contribution in [0.1, 0.15) is 5.56 Å². The molecule has 0 amide bonds. The van der Waals surface area contributed by atoms with Gasteiger partial charge in [-0.15, -0.1) is 0 Å². The molecular weight excluding hydrogens is 290 g/mol. The number of sulfonamides is 1. The quantitative estimate of drug-likeness (QED) is 0.811. The van der Waals surface area contributed by atoms with E-state index in [2.05, 4.69) is 5.10 Å². The number of hydrogen-bond donors (Lipinski definition) is 0. The Hall–Kier alpha value is -1.86. The minimum absolute atomic E-state index is 0.188. The van der Waals surface area contributed by atoms with E-state index in [0.29, 0.717) is 18.8 Å². The number of ether oxygens (including phenoxy) is 1. The van der Waals surface area contributed by atoms with Crippen molar-refractivity contribution in [1.29, 1.82) is 0 Å². The summed E-state index contributed by atoms with van der Waals surface area (Å²) in [5.41, 5.74) is 0.870. The van der Waals surface area contributed by atoms with Crippen molar-refractivity contribution in [2.24, 2.45) is 0 Å². The molecule has 0 bridgehead atoms. The van der Waals surface area contributed by atoms with Crippen LogP contribution in [-0.4, -0.2) is 43.2 Å². The van der Waals surface area contributed by atoms with Gasteiger partial charge in [-0.2, -0.15) is 9.40 Å². The molecule has 0 radical (unpaired) electrons. The molecule has 0 saturated heterocycles. The number of methoxy groups -OCH3 is 1. The average molecular weight is 309 g/mol. The lowest BCUT2D eigenvalue weighted by atomic mass is 10.2. The van der Waals surface area contributed by atoms with Crippen molar-refractivity contribution in [1.82, 2.24) is 14.1 Å².